The fourth-order valence-corrected chi connectivity index (χ4v) is 4.34. The highest BCUT2D eigenvalue weighted by Crippen LogP contribution is 2.32. The van der Waals surface area contributed by atoms with Crippen LogP contribution < -0.4 is 0 Å². The van der Waals surface area contributed by atoms with Gasteiger partial charge in [0.1, 0.15) is 0 Å². The molecular formula is C28H17N3O4. The molecule has 2 heterocycles. The Balaban J connectivity index is 1.34. The molecule has 0 aliphatic carbocycles. The average molecular weight is 459 g/mol. The Bertz CT molecular complexity index is 1640. The van der Waals surface area contributed by atoms with Gasteiger partial charge in [-0.25, -0.2) is 9.79 Å². The number of carbonyl (C=O) groups is 1. The SMILES string of the molecule is O=C1OC(c2ccc([N+](=O)[O-])cc2)=NC1=Cc1ccc(-n2c3ccccc3c3ccccc32)cc1. The molecule has 7 nitrogen and oxygen atoms in total. The number of nitrogens with zero attached hydrogens (tertiary/aromatic N) is 3. The molecule has 0 unspecified atom stereocenters. The van der Waals surface area contributed by atoms with Crippen LogP contribution in [0.25, 0.3) is 33.6 Å². The maximum Gasteiger partial charge on any atom is 0.363 e. The summed E-state index contributed by atoms with van der Waals surface area (Å²) in [5.41, 5.74) is 4.67. The number of non-ortho nitro benzene ring substituents is 1. The molecule has 35 heavy (non-hydrogen) atoms. The topological polar surface area (TPSA) is 86.7 Å². The molecule has 1 aliphatic heterocycles. The predicted molar refractivity (Wildman–Crippen MR) is 134 cm³/mol. The van der Waals surface area contributed by atoms with Gasteiger partial charge >= 0.3 is 5.97 Å². The number of esters is 1. The van der Waals surface area contributed by atoms with Crippen LogP contribution in [0.3, 0.4) is 0 Å². The first-order valence-corrected chi connectivity index (χ1v) is 10.9. The lowest BCUT2D eigenvalue weighted by molar-refractivity contribution is -0.384. The summed E-state index contributed by atoms with van der Waals surface area (Å²) in [5.74, 6) is -0.442. The van der Waals surface area contributed by atoms with Gasteiger partial charge in [-0.2, -0.15) is 0 Å². The zero-order valence-corrected chi connectivity index (χ0v) is 18.3. The monoisotopic (exact) mass is 459 g/mol. The Hall–Kier alpha value is -5.04. The Labute approximate surface area is 199 Å². The highest BCUT2D eigenvalue weighted by molar-refractivity contribution is 6.13. The van der Waals surface area contributed by atoms with E-state index in [9.17, 15) is 14.9 Å². The second kappa shape index (κ2) is 8.07. The number of rotatable bonds is 4. The van der Waals surface area contributed by atoms with Crippen molar-refractivity contribution in [1.82, 2.24) is 4.57 Å². The van der Waals surface area contributed by atoms with Crippen molar-refractivity contribution in [2.45, 2.75) is 0 Å². The van der Waals surface area contributed by atoms with Crippen molar-refractivity contribution >= 4 is 45.4 Å². The normalized spacial score (nSPS) is 14.5. The highest BCUT2D eigenvalue weighted by Gasteiger charge is 2.24. The van der Waals surface area contributed by atoms with E-state index in [1.165, 1.54) is 35.0 Å². The predicted octanol–water partition coefficient (Wildman–Crippen LogP) is 6.04. The molecule has 1 aromatic heterocycles. The Kier molecular flexibility index (Phi) is 4.74. The highest BCUT2D eigenvalue weighted by atomic mass is 16.6. The number of ether oxygens (including phenoxy) is 1. The van der Waals surface area contributed by atoms with Crippen LogP contribution in [-0.4, -0.2) is 21.4 Å². The van der Waals surface area contributed by atoms with Crippen molar-refractivity contribution < 1.29 is 14.5 Å². The summed E-state index contributed by atoms with van der Waals surface area (Å²) in [5, 5.41) is 13.2. The number of hydrogen-bond acceptors (Lipinski definition) is 5. The van der Waals surface area contributed by atoms with Gasteiger partial charge in [0.25, 0.3) is 5.69 Å². The molecule has 0 saturated heterocycles. The molecule has 0 atom stereocenters. The molecule has 7 heteroatoms. The van der Waals surface area contributed by atoms with Crippen LogP contribution in [0.4, 0.5) is 5.69 Å². The van der Waals surface area contributed by atoms with E-state index in [2.05, 4.69) is 33.8 Å². The van der Waals surface area contributed by atoms with Gasteiger partial charge in [-0.05, 0) is 48.0 Å². The van der Waals surface area contributed by atoms with E-state index in [0.717, 1.165) is 22.3 Å². The number of nitro groups is 1. The summed E-state index contributed by atoms with van der Waals surface area (Å²) >= 11 is 0. The Morgan fingerprint density at radius 2 is 1.40 bits per heavy atom. The number of cyclic esters (lactones) is 1. The maximum absolute atomic E-state index is 12.4. The summed E-state index contributed by atoms with van der Waals surface area (Å²) < 4.78 is 7.50. The molecule has 168 valence electrons. The molecule has 0 fully saturated rings. The minimum absolute atomic E-state index is 0.0437. The summed E-state index contributed by atoms with van der Waals surface area (Å²) in [6.07, 6.45) is 1.66. The van der Waals surface area contributed by atoms with E-state index in [1.807, 2.05) is 48.5 Å². The van der Waals surface area contributed by atoms with Gasteiger partial charge in [0.05, 0.1) is 16.0 Å². The van der Waals surface area contributed by atoms with Gasteiger partial charge in [0.2, 0.25) is 5.90 Å². The van der Waals surface area contributed by atoms with Gasteiger partial charge in [-0.15, -0.1) is 0 Å². The summed E-state index contributed by atoms with van der Waals surface area (Å²) in [7, 11) is 0. The third-order valence-corrected chi connectivity index (χ3v) is 5.98. The minimum atomic E-state index is -0.565. The lowest BCUT2D eigenvalue weighted by atomic mass is 10.1. The summed E-state index contributed by atoms with van der Waals surface area (Å²) in [6.45, 7) is 0. The second-order valence-electron chi connectivity index (χ2n) is 8.10. The second-order valence-corrected chi connectivity index (χ2v) is 8.10. The van der Waals surface area contributed by atoms with Crippen molar-refractivity contribution in [3.05, 3.63) is 124 Å². The zero-order chi connectivity index (χ0) is 23.9. The molecule has 0 N–H and O–H groups in total. The van der Waals surface area contributed by atoms with Gasteiger partial charge in [0.15, 0.2) is 5.70 Å². The Morgan fingerprint density at radius 1 is 0.800 bits per heavy atom. The largest absolute Gasteiger partial charge is 0.402 e. The first kappa shape index (κ1) is 20.6. The number of aromatic nitrogens is 1. The van der Waals surface area contributed by atoms with E-state index in [-0.39, 0.29) is 17.3 Å². The van der Waals surface area contributed by atoms with Crippen molar-refractivity contribution in [2.24, 2.45) is 4.99 Å². The van der Waals surface area contributed by atoms with Crippen LogP contribution >= 0.6 is 0 Å². The van der Waals surface area contributed by atoms with Crippen LogP contribution in [0, 0.1) is 10.1 Å². The standard InChI is InChI=1S/C28H17N3O4/c32-28-24(29-27(35-28)19-11-15-21(16-12-19)31(33)34)17-18-9-13-20(14-10-18)30-25-7-3-1-5-22(25)23-6-2-4-8-26(23)30/h1-17H. The maximum atomic E-state index is 12.4. The van der Waals surface area contributed by atoms with E-state index < -0.39 is 10.9 Å². The Morgan fingerprint density at radius 3 is 2.00 bits per heavy atom. The first-order valence-electron chi connectivity index (χ1n) is 10.9. The molecular weight excluding hydrogens is 442 g/mol. The molecule has 0 bridgehead atoms. The number of para-hydroxylation sites is 2. The van der Waals surface area contributed by atoms with Gasteiger partial charge in [-0.1, -0.05) is 48.5 Å². The number of fused-ring (bicyclic) bond motifs is 3. The summed E-state index contributed by atoms with van der Waals surface area (Å²) in [4.78, 5) is 27.0. The molecule has 5 aromatic rings. The van der Waals surface area contributed by atoms with Gasteiger partial charge in [-0.3, -0.25) is 10.1 Å². The zero-order valence-electron chi connectivity index (χ0n) is 18.3. The van der Waals surface area contributed by atoms with Crippen LogP contribution in [-0.2, 0) is 9.53 Å². The van der Waals surface area contributed by atoms with E-state index in [1.54, 1.807) is 6.08 Å². The van der Waals surface area contributed by atoms with Crippen LogP contribution in [0.1, 0.15) is 11.1 Å². The van der Waals surface area contributed by atoms with Gasteiger partial charge < -0.3 is 9.30 Å². The lowest BCUT2D eigenvalue weighted by Crippen LogP contribution is -2.05. The third kappa shape index (κ3) is 3.55. The molecule has 4 aromatic carbocycles. The molecule has 1 aliphatic rings. The third-order valence-electron chi connectivity index (χ3n) is 5.98. The van der Waals surface area contributed by atoms with Gasteiger partial charge in [0, 0.05) is 34.2 Å². The fourth-order valence-electron chi connectivity index (χ4n) is 4.34. The molecule has 0 radical (unpaired) electrons. The van der Waals surface area contributed by atoms with E-state index in [0.29, 0.717) is 5.56 Å². The lowest BCUT2D eigenvalue weighted by Gasteiger charge is -2.08. The van der Waals surface area contributed by atoms with E-state index >= 15 is 0 Å². The number of aliphatic imine (C=N–C) groups is 1. The molecule has 0 saturated carbocycles. The summed E-state index contributed by atoms with van der Waals surface area (Å²) in [6, 6.07) is 30.2. The molecule has 6 rings (SSSR count). The van der Waals surface area contributed by atoms with Crippen LogP contribution in [0.15, 0.2) is 108 Å². The van der Waals surface area contributed by atoms with Crippen molar-refractivity contribution in [2.75, 3.05) is 0 Å². The number of hydrogen-bond donors (Lipinski definition) is 0. The van der Waals surface area contributed by atoms with Crippen LogP contribution in [0.5, 0.6) is 0 Å². The quantitative estimate of drug-likeness (QED) is 0.142. The minimum Gasteiger partial charge on any atom is -0.402 e. The average Bonchev–Trinajstić information content (AvgIpc) is 3.42. The van der Waals surface area contributed by atoms with Crippen molar-refractivity contribution in [1.29, 1.82) is 0 Å². The van der Waals surface area contributed by atoms with Crippen molar-refractivity contribution in [3.63, 3.8) is 0 Å². The van der Waals surface area contributed by atoms with Crippen LogP contribution in [0.2, 0.25) is 0 Å². The smallest absolute Gasteiger partial charge is 0.363 e. The number of nitro benzene ring substituents is 1. The number of carbonyl (C=O) groups excluding carboxylic acids is 1. The molecule has 0 spiro atoms. The molecule has 0 amide bonds. The fraction of sp³-hybridized carbons (Fsp3) is 0. The van der Waals surface area contributed by atoms with Crippen molar-refractivity contribution in [3.8, 4) is 5.69 Å². The van der Waals surface area contributed by atoms with E-state index in [4.69, 9.17) is 4.74 Å². The number of benzene rings is 4. The first-order chi connectivity index (χ1) is 17.1.